The van der Waals surface area contributed by atoms with E-state index in [1.165, 1.54) is 0 Å². The molecule has 82 valence electrons. The smallest absolute Gasteiger partial charge is 0.347 e. The molecule has 0 aromatic carbocycles. The van der Waals surface area contributed by atoms with Crippen LogP contribution in [0.2, 0.25) is 0 Å². The minimum absolute atomic E-state index is 0.911. The van der Waals surface area contributed by atoms with Crippen LogP contribution >= 0.6 is 0 Å². The van der Waals surface area contributed by atoms with E-state index in [-0.39, 0.29) is 0 Å². The highest BCUT2D eigenvalue weighted by Gasteiger charge is 2.84. The van der Waals surface area contributed by atoms with Gasteiger partial charge in [0.25, 0.3) is 0 Å². The van der Waals surface area contributed by atoms with Crippen molar-refractivity contribution in [3.8, 4) is 0 Å². The number of fused-ring (bicyclic) bond motifs is 4. The van der Waals surface area contributed by atoms with Gasteiger partial charge in [0, 0.05) is 0 Å². The molecule has 2 aliphatic heterocycles. The van der Waals surface area contributed by atoms with E-state index in [9.17, 15) is 24.1 Å². The highest BCUT2D eigenvalue weighted by Crippen LogP contribution is 2.59. The number of nitroso groups, excluding NO2 is 1. The molecule has 0 spiro atoms. The molecule has 3 rings (SSSR count). The van der Waals surface area contributed by atoms with E-state index in [2.05, 4.69) is 14.7 Å². The van der Waals surface area contributed by atoms with Gasteiger partial charge in [-0.1, -0.05) is 0 Å². The largest absolute Gasteiger partial charge is 0.393 e. The van der Waals surface area contributed by atoms with Crippen LogP contribution in [-0.2, 0) is 28.7 Å². The molecule has 16 heavy (non-hydrogen) atoms. The van der Waals surface area contributed by atoms with Crippen molar-refractivity contribution in [1.29, 1.82) is 0 Å². The molecular formula is C8H3NO7. The Bertz CT molecular complexity index is 465. The lowest BCUT2D eigenvalue weighted by atomic mass is 9.53. The molecule has 0 bridgehead atoms. The van der Waals surface area contributed by atoms with Gasteiger partial charge in [0.05, 0.1) is 5.92 Å². The maximum Gasteiger partial charge on any atom is 0.347 e. The summed E-state index contributed by atoms with van der Waals surface area (Å²) in [6.45, 7) is 0. The summed E-state index contributed by atoms with van der Waals surface area (Å²) in [5.74, 6) is -7.81. The van der Waals surface area contributed by atoms with E-state index in [1.807, 2.05) is 0 Å². The molecular weight excluding hydrogens is 222 g/mol. The van der Waals surface area contributed by atoms with E-state index in [0.29, 0.717) is 0 Å². The molecule has 3 fully saturated rings. The van der Waals surface area contributed by atoms with E-state index in [1.54, 1.807) is 0 Å². The molecule has 3 aliphatic rings. The summed E-state index contributed by atoms with van der Waals surface area (Å²) in [7, 11) is 0. The van der Waals surface area contributed by atoms with Gasteiger partial charge in [-0.3, -0.25) is 14.4 Å². The summed E-state index contributed by atoms with van der Waals surface area (Å²) < 4.78 is 8.52. The second-order valence-electron chi connectivity index (χ2n) is 3.85. The summed E-state index contributed by atoms with van der Waals surface area (Å²) in [6.07, 6.45) is 0. The highest BCUT2D eigenvalue weighted by atomic mass is 16.6. The van der Waals surface area contributed by atoms with Crippen LogP contribution < -0.4 is 0 Å². The molecule has 0 amide bonds. The third-order valence-corrected chi connectivity index (χ3v) is 3.32. The van der Waals surface area contributed by atoms with Crippen LogP contribution in [0.25, 0.3) is 0 Å². The molecule has 4 atom stereocenters. The third kappa shape index (κ3) is 0.640. The summed E-state index contributed by atoms with van der Waals surface area (Å²) in [6, 6.07) is 0. The topological polar surface area (TPSA) is 116 Å². The van der Waals surface area contributed by atoms with Gasteiger partial charge in [-0.25, -0.2) is 4.79 Å². The quantitative estimate of drug-likeness (QED) is 0.303. The number of esters is 4. The van der Waals surface area contributed by atoms with Crippen molar-refractivity contribution in [1.82, 2.24) is 0 Å². The van der Waals surface area contributed by atoms with Gasteiger partial charge in [0.1, 0.15) is 11.8 Å². The average Bonchev–Trinajstić information content (AvgIpc) is 2.48. The lowest BCUT2D eigenvalue weighted by molar-refractivity contribution is -0.158. The van der Waals surface area contributed by atoms with Crippen LogP contribution in [0.5, 0.6) is 0 Å². The standard InChI is InChI=1S/C8H3NO7/c10-4-1-2(5(11)15-4)8(9-14)3(1)6(12)16-7(8)13/h1-3H. The van der Waals surface area contributed by atoms with E-state index in [0.717, 1.165) is 0 Å². The maximum atomic E-state index is 11.3. The summed E-state index contributed by atoms with van der Waals surface area (Å²) in [5.41, 5.74) is -2.08. The van der Waals surface area contributed by atoms with Crippen LogP contribution in [-0.4, -0.2) is 29.4 Å². The number of nitrogens with zero attached hydrogens (tertiary/aromatic N) is 1. The van der Waals surface area contributed by atoms with Crippen molar-refractivity contribution in [3.63, 3.8) is 0 Å². The number of ether oxygens (including phenoxy) is 2. The number of cyclic esters (lactones) is 4. The Hall–Kier alpha value is -2.12. The van der Waals surface area contributed by atoms with Gasteiger partial charge in [0.15, 0.2) is 0 Å². The fraction of sp³-hybridized carbons (Fsp3) is 0.500. The predicted molar refractivity (Wildman–Crippen MR) is 41.2 cm³/mol. The summed E-state index contributed by atoms with van der Waals surface area (Å²) in [4.78, 5) is 55.7. The Kier molecular flexibility index (Phi) is 1.33. The number of hydrogen-bond donors (Lipinski definition) is 0. The van der Waals surface area contributed by atoms with Crippen LogP contribution in [0.4, 0.5) is 0 Å². The lowest BCUT2D eigenvalue weighted by Crippen LogP contribution is -2.64. The second-order valence-corrected chi connectivity index (χ2v) is 3.85. The molecule has 0 radical (unpaired) electrons. The first-order valence-electron chi connectivity index (χ1n) is 4.40. The summed E-state index contributed by atoms with van der Waals surface area (Å²) in [5, 5.41) is 2.55. The molecule has 1 aliphatic carbocycles. The van der Waals surface area contributed by atoms with Gasteiger partial charge >= 0.3 is 23.9 Å². The molecule has 0 N–H and O–H groups in total. The number of carbonyl (C=O) groups is 4. The number of hydrogen-bond acceptors (Lipinski definition) is 8. The fourth-order valence-electron chi connectivity index (χ4n) is 2.61. The third-order valence-electron chi connectivity index (χ3n) is 3.32. The van der Waals surface area contributed by atoms with E-state index >= 15 is 0 Å². The molecule has 2 heterocycles. The second kappa shape index (κ2) is 2.34. The van der Waals surface area contributed by atoms with Crippen LogP contribution in [0.1, 0.15) is 0 Å². The maximum absolute atomic E-state index is 11.3. The summed E-state index contributed by atoms with van der Waals surface area (Å²) >= 11 is 0. The van der Waals surface area contributed by atoms with Gasteiger partial charge in [0.2, 0.25) is 5.54 Å². The Labute approximate surface area is 86.8 Å². The predicted octanol–water partition coefficient (Wildman–Crippen LogP) is -1.48. The molecule has 8 nitrogen and oxygen atoms in total. The molecule has 0 aromatic rings. The van der Waals surface area contributed by atoms with Gasteiger partial charge in [-0.2, -0.15) is 0 Å². The van der Waals surface area contributed by atoms with Crippen molar-refractivity contribution in [2.45, 2.75) is 5.54 Å². The highest BCUT2D eigenvalue weighted by molar-refractivity contribution is 6.14. The molecule has 4 unspecified atom stereocenters. The first kappa shape index (κ1) is 9.13. The van der Waals surface area contributed by atoms with Gasteiger partial charge in [-0.05, 0) is 5.18 Å². The zero-order valence-corrected chi connectivity index (χ0v) is 7.54. The Morgan fingerprint density at radius 1 is 0.938 bits per heavy atom. The first-order chi connectivity index (χ1) is 7.54. The van der Waals surface area contributed by atoms with E-state index in [4.69, 9.17) is 0 Å². The van der Waals surface area contributed by atoms with Crippen LogP contribution in [0, 0.1) is 22.7 Å². The van der Waals surface area contributed by atoms with E-state index < -0.39 is 47.2 Å². The molecule has 1 saturated carbocycles. The SMILES string of the molecule is O=NC12C(=O)OC(=O)C1C1C(=O)OC(=O)C12. The minimum Gasteiger partial charge on any atom is -0.393 e. The van der Waals surface area contributed by atoms with Crippen molar-refractivity contribution in [2.24, 2.45) is 22.9 Å². The van der Waals surface area contributed by atoms with Crippen molar-refractivity contribution < 1.29 is 28.7 Å². The zero-order chi connectivity index (χ0) is 11.7. The van der Waals surface area contributed by atoms with Gasteiger partial charge < -0.3 is 9.47 Å². The first-order valence-corrected chi connectivity index (χ1v) is 4.40. The average molecular weight is 225 g/mol. The van der Waals surface area contributed by atoms with Crippen molar-refractivity contribution in [2.75, 3.05) is 0 Å². The van der Waals surface area contributed by atoms with Crippen molar-refractivity contribution >= 4 is 23.9 Å². The lowest BCUT2D eigenvalue weighted by Gasteiger charge is -2.39. The van der Waals surface area contributed by atoms with Gasteiger partial charge in [-0.15, -0.1) is 4.91 Å². The minimum atomic E-state index is -2.08. The monoisotopic (exact) mass is 225 g/mol. The van der Waals surface area contributed by atoms with Crippen LogP contribution in [0.3, 0.4) is 0 Å². The molecule has 8 heteroatoms. The zero-order valence-electron chi connectivity index (χ0n) is 7.54. The Morgan fingerprint density at radius 3 is 2.06 bits per heavy atom. The van der Waals surface area contributed by atoms with Crippen molar-refractivity contribution in [3.05, 3.63) is 4.91 Å². The number of rotatable bonds is 1. The Balaban J connectivity index is 2.16. The number of carbonyl (C=O) groups excluding carboxylic acids is 4. The molecule has 2 saturated heterocycles. The fourth-order valence-corrected chi connectivity index (χ4v) is 2.61. The molecule has 0 aromatic heterocycles. The normalized spacial score (nSPS) is 44.4. The van der Waals surface area contributed by atoms with Crippen LogP contribution in [0.15, 0.2) is 5.18 Å². The Morgan fingerprint density at radius 2 is 1.50 bits per heavy atom.